The average Bonchev–Trinajstić information content (AvgIpc) is 4.19. The van der Waals surface area contributed by atoms with E-state index in [0.717, 1.165) is 6.07 Å². The molecule has 0 spiro atoms. The number of carboxylic acids is 2. The Balaban J connectivity index is 0.000000221. The van der Waals surface area contributed by atoms with Gasteiger partial charge in [-0.3, -0.25) is 39.2 Å². The highest BCUT2D eigenvalue weighted by atomic mass is 79.9. The lowest BCUT2D eigenvalue weighted by Gasteiger charge is -2.29. The summed E-state index contributed by atoms with van der Waals surface area (Å²) in [6, 6.07) is 6.34. The fraction of sp³-hybridized carbons (Fsp3) is 0.440. The van der Waals surface area contributed by atoms with E-state index in [0.29, 0.717) is 61.8 Å². The normalized spacial score (nSPS) is 21.9. The minimum absolute atomic E-state index is 0.104. The highest BCUT2D eigenvalue weighted by Gasteiger charge is 2.40. The molecule has 2 saturated heterocycles. The second-order valence-corrected chi connectivity index (χ2v) is 21.4. The number of aliphatic imine (C=N–C) groups is 2. The molecule has 0 radical (unpaired) electrons. The van der Waals surface area contributed by atoms with Crippen LogP contribution in [0.3, 0.4) is 0 Å². The van der Waals surface area contributed by atoms with Crippen molar-refractivity contribution >= 4 is 85.8 Å². The molecule has 408 valence electrons. The SMILES string of the molecule is CCOC(=O)C1=C(CN2CC(F)C(CN(C)CC(=O)O)C2)NC(c2nccs2)=NC1c1ccc(F)cc1Br.CCOC(=O)C1=C(CN2CC(F)C(CN(C)CC(=O)O)C2)NC(c2nccs2)=NC1c1ccc(F)cc1Cl. The van der Waals surface area contributed by atoms with Crippen LogP contribution in [-0.4, -0.2) is 180 Å². The van der Waals surface area contributed by atoms with Crippen molar-refractivity contribution in [1.29, 1.82) is 0 Å². The molecule has 2 fully saturated rings. The summed E-state index contributed by atoms with van der Waals surface area (Å²) < 4.78 is 68.9. The van der Waals surface area contributed by atoms with Gasteiger partial charge >= 0.3 is 23.9 Å². The maximum Gasteiger partial charge on any atom is 0.338 e. The van der Waals surface area contributed by atoms with Gasteiger partial charge in [0.1, 0.15) is 36.1 Å². The second kappa shape index (κ2) is 26.6. The summed E-state index contributed by atoms with van der Waals surface area (Å²) in [5.41, 5.74) is 2.39. The third-order valence-electron chi connectivity index (χ3n) is 12.6. The van der Waals surface area contributed by atoms with E-state index in [1.165, 1.54) is 46.9 Å². The first-order chi connectivity index (χ1) is 36.3. The van der Waals surface area contributed by atoms with Crippen LogP contribution < -0.4 is 10.6 Å². The highest BCUT2D eigenvalue weighted by molar-refractivity contribution is 9.10. The zero-order chi connectivity index (χ0) is 54.8. The number of alkyl halides is 2. The summed E-state index contributed by atoms with van der Waals surface area (Å²) >= 11 is 12.5. The number of amidine groups is 2. The molecule has 0 saturated carbocycles. The van der Waals surface area contributed by atoms with Crippen LogP contribution in [0.4, 0.5) is 17.6 Å². The number of nitrogens with zero attached hydrogens (tertiary/aromatic N) is 8. The standard InChI is InChI=1S/C25H28BrF2N5O4S.C25H28ClF2N5O4S/c2*1-3-37-25(36)21-19(12-33-10-14(18(28)11-33)9-32(2)13-20(34)35)30-23(24-29-6-7-38-24)31-22(21)16-5-4-15(27)8-17(16)26/h2*4-8,14,18,22H,3,9-13H2,1-2H3,(H,30,31)(H,34,35). The van der Waals surface area contributed by atoms with Gasteiger partial charge in [0.15, 0.2) is 21.7 Å². The van der Waals surface area contributed by atoms with Crippen LogP contribution in [0.25, 0.3) is 0 Å². The van der Waals surface area contributed by atoms with Crippen LogP contribution in [0.15, 0.2) is 96.5 Å². The number of benzene rings is 2. The molecule has 76 heavy (non-hydrogen) atoms. The molecule has 4 N–H and O–H groups in total. The molecule has 8 rings (SSSR count). The number of carbonyl (C=O) groups is 4. The molecule has 0 aliphatic carbocycles. The molecule has 2 aromatic heterocycles. The van der Waals surface area contributed by atoms with Crippen molar-refractivity contribution in [2.45, 2.75) is 38.3 Å². The quantitative estimate of drug-likeness (QED) is 0.0559. The minimum Gasteiger partial charge on any atom is -0.480 e. The molecular formula is C50H56BrClF4N10O8S2. The van der Waals surface area contributed by atoms with Crippen molar-refractivity contribution in [3.05, 3.63) is 124 Å². The van der Waals surface area contributed by atoms with Crippen LogP contribution in [0, 0.1) is 23.5 Å². The predicted octanol–water partition coefficient (Wildman–Crippen LogP) is 6.37. The van der Waals surface area contributed by atoms with Crippen LogP contribution in [0.5, 0.6) is 0 Å². The summed E-state index contributed by atoms with van der Waals surface area (Å²) in [6.07, 6.45) is 0.941. The van der Waals surface area contributed by atoms with Gasteiger partial charge in [0.2, 0.25) is 0 Å². The Morgan fingerprint density at radius 1 is 0.724 bits per heavy atom. The molecule has 6 heterocycles. The van der Waals surface area contributed by atoms with E-state index >= 15 is 0 Å². The van der Waals surface area contributed by atoms with Gasteiger partial charge in [0.05, 0.1) is 37.4 Å². The van der Waals surface area contributed by atoms with Gasteiger partial charge in [0.25, 0.3) is 0 Å². The number of ether oxygens (including phenoxy) is 2. The van der Waals surface area contributed by atoms with Crippen LogP contribution in [0.2, 0.25) is 5.02 Å². The maximum absolute atomic E-state index is 15.0. The first kappa shape index (κ1) is 58.0. The molecule has 4 aromatic rings. The average molecular weight is 1180 g/mol. The summed E-state index contributed by atoms with van der Waals surface area (Å²) in [4.78, 5) is 73.6. The van der Waals surface area contributed by atoms with Crippen molar-refractivity contribution < 1.29 is 56.4 Å². The van der Waals surface area contributed by atoms with Gasteiger partial charge < -0.3 is 30.3 Å². The molecule has 26 heteroatoms. The maximum atomic E-state index is 15.0. The van der Waals surface area contributed by atoms with E-state index in [9.17, 15) is 36.7 Å². The van der Waals surface area contributed by atoms with E-state index in [1.54, 1.807) is 67.0 Å². The van der Waals surface area contributed by atoms with Gasteiger partial charge in [-0.15, -0.1) is 22.7 Å². The Morgan fingerprint density at radius 2 is 1.16 bits per heavy atom. The van der Waals surface area contributed by atoms with Gasteiger partial charge in [-0.2, -0.15) is 0 Å². The molecule has 2 aromatic carbocycles. The van der Waals surface area contributed by atoms with Crippen LogP contribution >= 0.6 is 50.2 Å². The van der Waals surface area contributed by atoms with Crippen molar-refractivity contribution in [2.75, 3.05) is 92.8 Å². The fourth-order valence-electron chi connectivity index (χ4n) is 9.41. The minimum atomic E-state index is -1.17. The van der Waals surface area contributed by atoms with Crippen LogP contribution in [0.1, 0.15) is 47.1 Å². The van der Waals surface area contributed by atoms with Gasteiger partial charge in [-0.1, -0.05) is 39.7 Å². The summed E-state index contributed by atoms with van der Waals surface area (Å²) in [7, 11) is 3.29. The summed E-state index contributed by atoms with van der Waals surface area (Å²) in [5.74, 6) is -4.04. The summed E-state index contributed by atoms with van der Waals surface area (Å²) in [6.45, 7) is 5.21. The number of aliphatic carboxylic acids is 2. The molecule has 0 bridgehead atoms. The van der Waals surface area contributed by atoms with E-state index < -0.39 is 65.9 Å². The Hall–Kier alpha value is -5.67. The zero-order valence-electron chi connectivity index (χ0n) is 41.7. The van der Waals surface area contributed by atoms with Gasteiger partial charge in [-0.05, 0) is 57.8 Å². The molecular weight excluding hydrogens is 1120 g/mol. The zero-order valence-corrected chi connectivity index (χ0v) is 45.7. The Bertz CT molecular complexity index is 2680. The van der Waals surface area contributed by atoms with E-state index in [4.69, 9.17) is 41.3 Å². The van der Waals surface area contributed by atoms with Crippen molar-refractivity contribution in [2.24, 2.45) is 21.8 Å². The first-order valence-electron chi connectivity index (χ1n) is 24.0. The molecule has 0 amide bonds. The number of halogens is 6. The molecule has 4 aliphatic heterocycles. The fourth-order valence-corrected chi connectivity index (χ4v) is 11.4. The molecule has 6 atom stereocenters. The summed E-state index contributed by atoms with van der Waals surface area (Å²) in [5, 5.41) is 29.4. The third-order valence-corrected chi connectivity index (χ3v) is 15.1. The number of esters is 2. The van der Waals surface area contributed by atoms with E-state index in [1.807, 2.05) is 9.80 Å². The van der Waals surface area contributed by atoms with Gasteiger partial charge in [0, 0.05) is 114 Å². The van der Waals surface area contributed by atoms with Crippen molar-refractivity contribution in [3.63, 3.8) is 0 Å². The number of nitrogens with one attached hydrogen (secondary N) is 2. The number of thiazole rings is 2. The topological polar surface area (TPSA) is 215 Å². The number of aromatic nitrogens is 2. The monoisotopic (exact) mass is 1180 g/mol. The lowest BCUT2D eigenvalue weighted by Crippen LogP contribution is -2.39. The third kappa shape index (κ3) is 14.9. The number of hydrogen-bond acceptors (Lipinski definition) is 18. The molecule has 4 aliphatic rings. The number of likely N-dealkylation sites (tertiary alicyclic amines) is 2. The van der Waals surface area contributed by atoms with Crippen molar-refractivity contribution in [1.82, 2.24) is 40.2 Å². The predicted molar refractivity (Wildman–Crippen MR) is 282 cm³/mol. The highest BCUT2D eigenvalue weighted by Crippen LogP contribution is 2.39. The number of carbonyl (C=O) groups excluding carboxylic acids is 2. The first-order valence-corrected chi connectivity index (χ1v) is 27.0. The Kier molecular flexibility index (Phi) is 20.3. The lowest BCUT2D eigenvalue weighted by atomic mass is 9.95. The van der Waals surface area contributed by atoms with Crippen molar-refractivity contribution in [3.8, 4) is 0 Å². The number of hydrogen-bond donors (Lipinski definition) is 4. The Morgan fingerprint density at radius 3 is 1.55 bits per heavy atom. The largest absolute Gasteiger partial charge is 0.480 e. The lowest BCUT2D eigenvalue weighted by molar-refractivity contribution is -0.139. The molecule has 18 nitrogen and oxygen atoms in total. The van der Waals surface area contributed by atoms with Gasteiger partial charge in [-0.25, -0.2) is 37.1 Å². The van der Waals surface area contributed by atoms with E-state index in [2.05, 4.69) is 36.5 Å². The van der Waals surface area contributed by atoms with Crippen LogP contribution in [-0.2, 0) is 28.7 Å². The molecule has 6 unspecified atom stereocenters. The Labute approximate surface area is 457 Å². The smallest absolute Gasteiger partial charge is 0.338 e. The number of likely N-dealkylation sites (N-methyl/N-ethyl adjacent to an activating group) is 2. The number of rotatable bonds is 20. The van der Waals surface area contributed by atoms with E-state index in [-0.39, 0.29) is 87.7 Å². The second-order valence-electron chi connectivity index (χ2n) is 18.4. The number of carboxylic acid groups (broad SMARTS) is 2.